The number of anilines is 1. The molecule has 1 saturated heterocycles. The van der Waals surface area contributed by atoms with Crippen LogP contribution in [0.4, 0.5) is 10.1 Å². The number of sulfonamides is 1. The molecule has 3 rings (SSSR count). The molecule has 0 aliphatic carbocycles. The summed E-state index contributed by atoms with van der Waals surface area (Å²) in [5, 5.41) is 2.73. The molecule has 9 heteroatoms. The first-order chi connectivity index (χ1) is 13.8. The fourth-order valence-corrected chi connectivity index (χ4v) is 4.75. The Labute approximate surface area is 174 Å². The molecular weight excluding hydrogens is 419 g/mol. The van der Waals surface area contributed by atoms with E-state index in [1.807, 2.05) is 0 Å². The molecule has 1 aliphatic rings. The maximum Gasteiger partial charge on any atom is 0.265 e. The Kier molecular flexibility index (Phi) is 6.77. The molecule has 1 aliphatic heterocycles. The molecule has 0 bridgehead atoms. The molecule has 29 heavy (non-hydrogen) atoms. The molecule has 0 unspecified atom stereocenters. The Morgan fingerprint density at radius 3 is 2.41 bits per heavy atom. The monoisotopic (exact) mass is 440 g/mol. The van der Waals surface area contributed by atoms with E-state index >= 15 is 0 Å². The van der Waals surface area contributed by atoms with Gasteiger partial charge in [0.05, 0.1) is 9.92 Å². The molecule has 6 nitrogen and oxygen atoms in total. The van der Waals surface area contributed by atoms with Crippen LogP contribution in [0.15, 0.2) is 47.4 Å². The number of nitrogens with one attached hydrogen (secondary N) is 1. The topological polar surface area (TPSA) is 75.7 Å². The summed E-state index contributed by atoms with van der Waals surface area (Å²) in [5.41, 5.74) is 0.438. The Balaban J connectivity index is 1.63. The number of carbonyl (C=O) groups is 1. The van der Waals surface area contributed by atoms with E-state index in [9.17, 15) is 17.6 Å². The lowest BCUT2D eigenvalue weighted by molar-refractivity contribution is -0.122. The zero-order chi connectivity index (χ0) is 21.0. The molecular formula is C20H22ClFN2O4S. The predicted octanol–water partition coefficient (Wildman–Crippen LogP) is 4.06. The van der Waals surface area contributed by atoms with Crippen molar-refractivity contribution in [3.8, 4) is 5.75 Å². The van der Waals surface area contributed by atoms with Gasteiger partial charge in [0.2, 0.25) is 10.0 Å². The Bertz CT molecular complexity index is 976. The zero-order valence-electron chi connectivity index (χ0n) is 15.9. The molecule has 156 valence electrons. The van der Waals surface area contributed by atoms with Gasteiger partial charge in [0.25, 0.3) is 5.91 Å². The van der Waals surface area contributed by atoms with E-state index in [1.54, 1.807) is 0 Å². The van der Waals surface area contributed by atoms with Gasteiger partial charge in [0.15, 0.2) is 6.10 Å². The first kappa shape index (κ1) is 21.5. The van der Waals surface area contributed by atoms with Crippen LogP contribution in [0.25, 0.3) is 0 Å². The summed E-state index contributed by atoms with van der Waals surface area (Å²) >= 11 is 5.91. The average Bonchev–Trinajstić information content (AvgIpc) is 2.71. The number of nitrogens with zero attached hydrogens (tertiary/aromatic N) is 1. The van der Waals surface area contributed by atoms with E-state index < -0.39 is 27.9 Å². The van der Waals surface area contributed by atoms with E-state index in [2.05, 4.69) is 5.32 Å². The number of hydrogen-bond donors (Lipinski definition) is 1. The first-order valence-corrected chi connectivity index (χ1v) is 11.1. The van der Waals surface area contributed by atoms with Gasteiger partial charge in [-0.2, -0.15) is 4.31 Å². The van der Waals surface area contributed by atoms with Gasteiger partial charge < -0.3 is 10.1 Å². The fraction of sp³-hybridized carbons (Fsp3) is 0.350. The Morgan fingerprint density at radius 2 is 1.79 bits per heavy atom. The number of halogens is 2. The number of ether oxygens (including phenoxy) is 1. The second kappa shape index (κ2) is 9.11. The summed E-state index contributed by atoms with van der Waals surface area (Å²) in [5.74, 6) is -0.755. The van der Waals surface area contributed by atoms with Crippen molar-refractivity contribution in [2.75, 3.05) is 18.4 Å². The van der Waals surface area contributed by atoms with E-state index in [0.717, 1.165) is 25.3 Å². The van der Waals surface area contributed by atoms with Gasteiger partial charge in [-0.05, 0) is 62.2 Å². The summed E-state index contributed by atoms with van der Waals surface area (Å²) in [6.07, 6.45) is 1.88. The number of hydrogen-bond acceptors (Lipinski definition) is 4. The van der Waals surface area contributed by atoms with Crippen LogP contribution in [-0.4, -0.2) is 37.8 Å². The number of amides is 1. The third-order valence-corrected chi connectivity index (χ3v) is 6.85. The summed E-state index contributed by atoms with van der Waals surface area (Å²) in [4.78, 5) is 12.5. The molecule has 0 saturated carbocycles. The molecule has 1 atom stereocenters. The number of carbonyl (C=O) groups excluding carboxylic acids is 1. The fourth-order valence-electron chi connectivity index (χ4n) is 3.02. The first-order valence-electron chi connectivity index (χ1n) is 9.30. The molecule has 0 radical (unpaired) electrons. The van der Waals surface area contributed by atoms with Crippen molar-refractivity contribution in [2.45, 2.75) is 37.2 Å². The quantitative estimate of drug-likeness (QED) is 0.735. The summed E-state index contributed by atoms with van der Waals surface area (Å²) in [6.45, 7) is 2.59. The van der Waals surface area contributed by atoms with Crippen molar-refractivity contribution in [1.82, 2.24) is 4.31 Å². The maximum absolute atomic E-state index is 13.1. The van der Waals surface area contributed by atoms with Crippen molar-refractivity contribution in [1.29, 1.82) is 0 Å². The van der Waals surface area contributed by atoms with E-state index in [4.69, 9.17) is 16.3 Å². The van der Waals surface area contributed by atoms with Crippen molar-refractivity contribution in [2.24, 2.45) is 0 Å². The van der Waals surface area contributed by atoms with Crippen LogP contribution in [-0.2, 0) is 14.8 Å². The number of piperidine rings is 1. The molecule has 2 aromatic carbocycles. The highest BCUT2D eigenvalue weighted by Gasteiger charge is 2.26. The van der Waals surface area contributed by atoms with Gasteiger partial charge >= 0.3 is 0 Å². The summed E-state index contributed by atoms with van der Waals surface area (Å²) in [7, 11) is -3.52. The van der Waals surface area contributed by atoms with Crippen molar-refractivity contribution >= 4 is 33.2 Å². The lowest BCUT2D eigenvalue weighted by Crippen LogP contribution is -2.35. The second-order valence-corrected chi connectivity index (χ2v) is 9.16. The molecule has 2 aromatic rings. The Morgan fingerprint density at radius 1 is 1.14 bits per heavy atom. The summed E-state index contributed by atoms with van der Waals surface area (Å²) < 4.78 is 45.4. The lowest BCUT2D eigenvalue weighted by Gasteiger charge is -2.25. The molecule has 0 aromatic heterocycles. The van der Waals surface area contributed by atoms with Crippen LogP contribution in [0.3, 0.4) is 0 Å². The predicted molar refractivity (Wildman–Crippen MR) is 109 cm³/mol. The van der Waals surface area contributed by atoms with Crippen LogP contribution in [0.2, 0.25) is 5.02 Å². The molecule has 1 amide bonds. The van der Waals surface area contributed by atoms with E-state index in [0.29, 0.717) is 18.8 Å². The number of rotatable bonds is 6. The van der Waals surface area contributed by atoms with Gasteiger partial charge in [0.1, 0.15) is 11.6 Å². The van der Waals surface area contributed by atoms with Crippen LogP contribution in [0.5, 0.6) is 5.75 Å². The second-order valence-electron chi connectivity index (χ2n) is 6.81. The standard InChI is InChI=1S/C20H22ClFN2O4S/c1-14(28-19-10-5-15(22)13-18(19)21)20(25)23-16-6-8-17(9-7-16)29(26,27)24-11-3-2-4-12-24/h5-10,13-14H,2-4,11-12H2,1H3,(H,23,25)/t14-/m0/s1. The third-order valence-electron chi connectivity index (χ3n) is 4.64. The van der Waals surface area contributed by atoms with Gasteiger partial charge in [-0.3, -0.25) is 4.79 Å². The SMILES string of the molecule is C[C@H](Oc1ccc(F)cc1Cl)C(=O)Nc1ccc(S(=O)(=O)N2CCCCC2)cc1. The van der Waals surface area contributed by atoms with Crippen LogP contribution in [0, 0.1) is 5.82 Å². The normalized spacial score (nSPS) is 16.2. The van der Waals surface area contributed by atoms with E-state index in [1.165, 1.54) is 47.6 Å². The van der Waals surface area contributed by atoms with Gasteiger partial charge in [-0.25, -0.2) is 12.8 Å². The van der Waals surface area contributed by atoms with Gasteiger partial charge in [-0.1, -0.05) is 18.0 Å². The average molecular weight is 441 g/mol. The van der Waals surface area contributed by atoms with Crippen LogP contribution in [0.1, 0.15) is 26.2 Å². The lowest BCUT2D eigenvalue weighted by atomic mass is 10.2. The minimum Gasteiger partial charge on any atom is -0.479 e. The zero-order valence-corrected chi connectivity index (χ0v) is 17.5. The van der Waals surface area contributed by atoms with Gasteiger partial charge in [-0.15, -0.1) is 0 Å². The molecule has 0 spiro atoms. The smallest absolute Gasteiger partial charge is 0.265 e. The largest absolute Gasteiger partial charge is 0.479 e. The molecule has 1 heterocycles. The molecule has 1 N–H and O–H groups in total. The van der Waals surface area contributed by atoms with E-state index in [-0.39, 0.29) is 15.7 Å². The minimum absolute atomic E-state index is 0.0666. The van der Waals surface area contributed by atoms with Crippen LogP contribution >= 0.6 is 11.6 Å². The Hall–Kier alpha value is -2.16. The number of benzene rings is 2. The highest BCUT2D eigenvalue weighted by molar-refractivity contribution is 7.89. The van der Waals surface area contributed by atoms with Crippen molar-refractivity contribution < 1.29 is 22.3 Å². The molecule has 1 fully saturated rings. The minimum atomic E-state index is -3.52. The van der Waals surface area contributed by atoms with Crippen molar-refractivity contribution in [3.63, 3.8) is 0 Å². The highest BCUT2D eigenvalue weighted by Crippen LogP contribution is 2.26. The maximum atomic E-state index is 13.1. The van der Waals surface area contributed by atoms with Crippen molar-refractivity contribution in [3.05, 3.63) is 53.3 Å². The van der Waals surface area contributed by atoms with Gasteiger partial charge in [0, 0.05) is 18.8 Å². The summed E-state index contributed by atoms with van der Waals surface area (Å²) in [6, 6.07) is 9.65. The highest BCUT2D eigenvalue weighted by atomic mass is 35.5. The third kappa shape index (κ3) is 5.26. The van der Waals surface area contributed by atoms with Crippen LogP contribution < -0.4 is 10.1 Å².